The maximum atomic E-state index is 12.4. The van der Waals surface area contributed by atoms with Gasteiger partial charge in [0.25, 0.3) is 0 Å². The van der Waals surface area contributed by atoms with E-state index in [9.17, 15) is 4.79 Å². The summed E-state index contributed by atoms with van der Waals surface area (Å²) >= 11 is 6.07. The summed E-state index contributed by atoms with van der Waals surface area (Å²) in [7, 11) is 2.13. The van der Waals surface area contributed by atoms with Crippen molar-refractivity contribution in [3.05, 3.63) is 53.8 Å². The fraction of sp³-hybridized carbons (Fsp3) is 0.300. The van der Waals surface area contributed by atoms with E-state index in [1.807, 2.05) is 47.2 Å². The number of likely N-dealkylation sites (N-methyl/N-ethyl adjacent to an activating group) is 1. The monoisotopic (exact) mass is 383 g/mol. The summed E-state index contributed by atoms with van der Waals surface area (Å²) in [6.45, 7) is 4.24. The summed E-state index contributed by atoms with van der Waals surface area (Å²) in [6.07, 6.45) is 3.62. The van der Waals surface area contributed by atoms with Crippen LogP contribution in [0.3, 0.4) is 0 Å². The van der Waals surface area contributed by atoms with Gasteiger partial charge in [-0.1, -0.05) is 17.7 Å². The molecule has 7 heteroatoms. The van der Waals surface area contributed by atoms with Gasteiger partial charge in [-0.15, -0.1) is 0 Å². The molecule has 27 heavy (non-hydrogen) atoms. The Morgan fingerprint density at radius 3 is 2.70 bits per heavy atom. The Bertz CT molecular complexity index is 945. The lowest BCUT2D eigenvalue weighted by Gasteiger charge is -2.33. The molecule has 0 aliphatic carbocycles. The third kappa shape index (κ3) is 4.07. The number of benzene rings is 1. The lowest BCUT2D eigenvalue weighted by Crippen LogP contribution is -2.44. The summed E-state index contributed by atoms with van der Waals surface area (Å²) in [6, 6.07) is 11.5. The van der Waals surface area contributed by atoms with E-state index < -0.39 is 0 Å². The van der Waals surface area contributed by atoms with E-state index in [1.165, 1.54) is 0 Å². The Balaban J connectivity index is 1.40. The van der Waals surface area contributed by atoms with Crippen molar-refractivity contribution in [3.8, 4) is 0 Å². The van der Waals surface area contributed by atoms with Crippen LogP contribution in [0.2, 0.25) is 5.02 Å². The molecule has 1 N–H and O–H groups in total. The number of halogens is 1. The molecule has 4 rings (SSSR count). The molecule has 1 fully saturated rings. The van der Waals surface area contributed by atoms with Crippen LogP contribution < -0.4 is 10.2 Å². The largest absolute Gasteiger partial charge is 0.354 e. The molecule has 0 unspecified atom stereocenters. The Labute approximate surface area is 163 Å². The molecule has 1 aliphatic rings. The average molecular weight is 384 g/mol. The summed E-state index contributed by atoms with van der Waals surface area (Å²) < 4.78 is 1.89. The number of rotatable bonds is 4. The third-order valence-corrected chi connectivity index (χ3v) is 5.14. The highest BCUT2D eigenvalue weighted by Gasteiger charge is 2.15. The van der Waals surface area contributed by atoms with Gasteiger partial charge in [-0.25, -0.2) is 4.98 Å². The van der Waals surface area contributed by atoms with Gasteiger partial charge in [-0.3, -0.25) is 4.79 Å². The fourth-order valence-corrected chi connectivity index (χ4v) is 3.50. The first-order chi connectivity index (χ1) is 13.1. The SMILES string of the molecule is CN1CCN(c2ccc(NC(=O)Cn3ccc4ccc(Cl)cc43)cn2)CC1. The van der Waals surface area contributed by atoms with Crippen LogP contribution in [0.25, 0.3) is 10.9 Å². The Morgan fingerprint density at radius 2 is 1.96 bits per heavy atom. The zero-order valence-corrected chi connectivity index (χ0v) is 16.0. The molecule has 0 atom stereocenters. The van der Waals surface area contributed by atoms with Crippen molar-refractivity contribution >= 4 is 39.9 Å². The number of carbonyl (C=O) groups is 1. The van der Waals surface area contributed by atoms with Crippen molar-refractivity contribution in [2.45, 2.75) is 6.54 Å². The number of nitrogens with zero attached hydrogens (tertiary/aromatic N) is 4. The second-order valence-electron chi connectivity index (χ2n) is 6.89. The van der Waals surface area contributed by atoms with Gasteiger partial charge in [0.2, 0.25) is 5.91 Å². The predicted octanol–water partition coefficient (Wildman–Crippen LogP) is 3.08. The zero-order chi connectivity index (χ0) is 18.8. The minimum Gasteiger partial charge on any atom is -0.354 e. The molecule has 140 valence electrons. The standard InChI is InChI=1S/C20H22ClN5O/c1-24-8-10-25(11-9-24)19-5-4-17(13-22-19)23-20(27)14-26-7-6-15-2-3-16(21)12-18(15)26/h2-7,12-13H,8-11,14H2,1H3,(H,23,27). The van der Waals surface area contributed by atoms with E-state index >= 15 is 0 Å². The van der Waals surface area contributed by atoms with E-state index in [4.69, 9.17) is 11.6 Å². The molecule has 2 aromatic heterocycles. The number of hydrogen-bond donors (Lipinski definition) is 1. The van der Waals surface area contributed by atoms with Gasteiger partial charge in [0.1, 0.15) is 12.4 Å². The fourth-order valence-electron chi connectivity index (χ4n) is 3.33. The Kier molecular flexibility index (Phi) is 5.01. The van der Waals surface area contributed by atoms with Crippen molar-refractivity contribution in [3.63, 3.8) is 0 Å². The molecule has 1 saturated heterocycles. The molecule has 0 spiro atoms. The highest BCUT2D eigenvalue weighted by molar-refractivity contribution is 6.31. The van der Waals surface area contributed by atoms with Gasteiger partial charge in [0, 0.05) is 42.9 Å². The predicted molar refractivity (Wildman–Crippen MR) is 110 cm³/mol. The molecule has 1 aromatic carbocycles. The molecule has 0 saturated carbocycles. The quantitative estimate of drug-likeness (QED) is 0.752. The molecular formula is C20H22ClN5O. The lowest BCUT2D eigenvalue weighted by atomic mass is 10.2. The van der Waals surface area contributed by atoms with E-state index in [1.54, 1.807) is 6.20 Å². The molecule has 0 bridgehead atoms. The molecule has 3 heterocycles. The molecule has 0 radical (unpaired) electrons. The first-order valence-electron chi connectivity index (χ1n) is 9.02. The molecular weight excluding hydrogens is 362 g/mol. The van der Waals surface area contributed by atoms with E-state index in [0.29, 0.717) is 10.7 Å². The average Bonchev–Trinajstić information content (AvgIpc) is 3.05. The lowest BCUT2D eigenvalue weighted by molar-refractivity contribution is -0.116. The van der Waals surface area contributed by atoms with Crippen LogP contribution in [0.1, 0.15) is 0 Å². The minimum absolute atomic E-state index is 0.0957. The van der Waals surface area contributed by atoms with E-state index in [2.05, 4.69) is 27.1 Å². The number of aromatic nitrogens is 2. The van der Waals surface area contributed by atoms with Crippen LogP contribution >= 0.6 is 11.6 Å². The maximum Gasteiger partial charge on any atom is 0.244 e. The van der Waals surface area contributed by atoms with Crippen LogP contribution in [-0.4, -0.2) is 53.6 Å². The second kappa shape index (κ2) is 7.58. The minimum atomic E-state index is -0.0957. The van der Waals surface area contributed by atoms with Crippen molar-refractivity contribution < 1.29 is 4.79 Å². The van der Waals surface area contributed by atoms with Crippen molar-refractivity contribution in [2.24, 2.45) is 0 Å². The van der Waals surface area contributed by atoms with Gasteiger partial charge >= 0.3 is 0 Å². The Morgan fingerprint density at radius 1 is 1.15 bits per heavy atom. The van der Waals surface area contributed by atoms with Gasteiger partial charge in [0.05, 0.1) is 11.9 Å². The highest BCUT2D eigenvalue weighted by atomic mass is 35.5. The van der Waals surface area contributed by atoms with Gasteiger partial charge < -0.3 is 19.7 Å². The molecule has 1 aliphatic heterocycles. The van der Waals surface area contributed by atoms with Gasteiger partial charge in [-0.05, 0) is 42.8 Å². The van der Waals surface area contributed by atoms with Crippen LogP contribution in [0.15, 0.2) is 48.8 Å². The number of pyridine rings is 1. The van der Waals surface area contributed by atoms with Crippen LogP contribution in [0.4, 0.5) is 11.5 Å². The molecule has 1 amide bonds. The summed E-state index contributed by atoms with van der Waals surface area (Å²) in [5.74, 6) is 0.855. The van der Waals surface area contributed by atoms with Crippen molar-refractivity contribution in [2.75, 3.05) is 43.4 Å². The maximum absolute atomic E-state index is 12.4. The smallest absolute Gasteiger partial charge is 0.244 e. The summed E-state index contributed by atoms with van der Waals surface area (Å²) in [5.41, 5.74) is 1.65. The molecule has 6 nitrogen and oxygen atoms in total. The van der Waals surface area contributed by atoms with Gasteiger partial charge in [-0.2, -0.15) is 0 Å². The summed E-state index contributed by atoms with van der Waals surface area (Å²) in [4.78, 5) is 21.5. The van der Waals surface area contributed by atoms with Crippen LogP contribution in [-0.2, 0) is 11.3 Å². The number of hydrogen-bond acceptors (Lipinski definition) is 4. The number of anilines is 2. The van der Waals surface area contributed by atoms with E-state index in [-0.39, 0.29) is 12.5 Å². The highest BCUT2D eigenvalue weighted by Crippen LogP contribution is 2.21. The van der Waals surface area contributed by atoms with Gasteiger partial charge in [0.15, 0.2) is 0 Å². The topological polar surface area (TPSA) is 53.4 Å². The van der Waals surface area contributed by atoms with Crippen LogP contribution in [0.5, 0.6) is 0 Å². The first kappa shape index (κ1) is 17.8. The third-order valence-electron chi connectivity index (χ3n) is 4.91. The van der Waals surface area contributed by atoms with E-state index in [0.717, 1.165) is 42.9 Å². The van der Waals surface area contributed by atoms with Crippen LogP contribution in [0, 0.1) is 0 Å². The number of amides is 1. The summed E-state index contributed by atoms with van der Waals surface area (Å²) in [5, 5.41) is 4.63. The normalized spacial score (nSPS) is 15.3. The second-order valence-corrected chi connectivity index (χ2v) is 7.33. The number of piperazine rings is 1. The molecule has 3 aromatic rings. The van der Waals surface area contributed by atoms with Crippen molar-refractivity contribution in [1.82, 2.24) is 14.5 Å². The Hall–Kier alpha value is -2.57. The first-order valence-corrected chi connectivity index (χ1v) is 9.40. The number of fused-ring (bicyclic) bond motifs is 1. The van der Waals surface area contributed by atoms with Crippen molar-refractivity contribution in [1.29, 1.82) is 0 Å². The zero-order valence-electron chi connectivity index (χ0n) is 15.2. The number of nitrogens with one attached hydrogen (secondary N) is 1. The number of carbonyl (C=O) groups excluding carboxylic acids is 1.